The lowest BCUT2D eigenvalue weighted by atomic mass is 10.0. The minimum absolute atomic E-state index is 0.132. The molecule has 25 heavy (non-hydrogen) atoms. The Kier molecular flexibility index (Phi) is 4.43. The van der Waals surface area contributed by atoms with Crippen molar-refractivity contribution in [3.8, 4) is 11.3 Å². The number of nitrogens with one attached hydrogen (secondary N) is 1. The number of hydrogen-bond donors (Lipinski definition) is 1. The Labute approximate surface area is 149 Å². The molecule has 7 nitrogen and oxygen atoms in total. The molecule has 0 aliphatic carbocycles. The average molecular weight is 355 g/mol. The van der Waals surface area contributed by atoms with E-state index in [1.807, 2.05) is 30.3 Å². The number of anilines is 1. The molecule has 1 fully saturated rings. The molecular formula is C17H17N5O2S. The van der Waals surface area contributed by atoms with E-state index in [1.54, 1.807) is 12.3 Å². The monoisotopic (exact) mass is 355 g/mol. The largest absolute Gasteiger partial charge is 0.355 e. The predicted molar refractivity (Wildman–Crippen MR) is 94.5 cm³/mol. The van der Waals surface area contributed by atoms with Crippen molar-refractivity contribution >= 4 is 23.5 Å². The topological polar surface area (TPSA) is 84.2 Å². The van der Waals surface area contributed by atoms with Gasteiger partial charge in [-0.25, -0.2) is 0 Å². The van der Waals surface area contributed by atoms with Crippen LogP contribution in [-0.2, 0) is 0 Å². The van der Waals surface area contributed by atoms with Crippen LogP contribution in [0.25, 0.3) is 11.3 Å². The van der Waals surface area contributed by atoms with Crippen LogP contribution < -0.4 is 10.2 Å². The van der Waals surface area contributed by atoms with Crippen LogP contribution >= 0.6 is 11.7 Å². The van der Waals surface area contributed by atoms with Crippen LogP contribution in [0, 0.1) is 0 Å². The van der Waals surface area contributed by atoms with Gasteiger partial charge in [0.05, 0.1) is 17.9 Å². The van der Waals surface area contributed by atoms with Gasteiger partial charge in [-0.05, 0) is 12.8 Å². The Balaban J connectivity index is 1.35. The first-order valence-electron chi connectivity index (χ1n) is 8.15. The maximum atomic E-state index is 12.4. The molecule has 0 spiro atoms. The zero-order chi connectivity index (χ0) is 17.1. The SMILES string of the molecule is O=C(NC1CCN(c2cnsn2)CC1)c1cc(-c2ccccc2)on1. The number of carbonyl (C=O) groups is 1. The summed E-state index contributed by atoms with van der Waals surface area (Å²) < 4.78 is 13.6. The second-order valence-corrected chi connectivity index (χ2v) is 6.50. The third kappa shape index (κ3) is 3.53. The Hall–Kier alpha value is -2.74. The van der Waals surface area contributed by atoms with E-state index in [1.165, 1.54) is 11.7 Å². The highest BCUT2D eigenvalue weighted by molar-refractivity contribution is 6.99. The van der Waals surface area contributed by atoms with Gasteiger partial charge in [-0.15, -0.1) is 0 Å². The van der Waals surface area contributed by atoms with Crippen molar-refractivity contribution in [1.29, 1.82) is 0 Å². The van der Waals surface area contributed by atoms with Crippen LogP contribution in [0.15, 0.2) is 47.1 Å². The van der Waals surface area contributed by atoms with Crippen LogP contribution in [0.1, 0.15) is 23.3 Å². The molecule has 3 heterocycles. The number of rotatable bonds is 4. The lowest BCUT2D eigenvalue weighted by Crippen LogP contribution is -2.44. The molecule has 1 saturated heterocycles. The molecule has 4 rings (SSSR count). The number of benzene rings is 1. The minimum Gasteiger partial charge on any atom is -0.355 e. The van der Waals surface area contributed by atoms with Crippen molar-refractivity contribution < 1.29 is 9.32 Å². The first kappa shape index (κ1) is 15.8. The molecule has 0 bridgehead atoms. The summed E-state index contributed by atoms with van der Waals surface area (Å²) in [4.78, 5) is 14.6. The number of amides is 1. The van der Waals surface area contributed by atoms with Crippen molar-refractivity contribution in [2.45, 2.75) is 18.9 Å². The first-order chi connectivity index (χ1) is 12.3. The number of nitrogens with zero attached hydrogens (tertiary/aromatic N) is 4. The number of aromatic nitrogens is 3. The average Bonchev–Trinajstić information content (AvgIpc) is 3.35. The van der Waals surface area contributed by atoms with E-state index in [0.717, 1.165) is 37.3 Å². The van der Waals surface area contributed by atoms with Crippen LogP contribution in [0.3, 0.4) is 0 Å². The van der Waals surface area contributed by atoms with Gasteiger partial charge in [0, 0.05) is 30.8 Å². The molecule has 0 atom stereocenters. The number of hydrogen-bond acceptors (Lipinski definition) is 7. The van der Waals surface area contributed by atoms with Crippen LogP contribution in [-0.4, -0.2) is 38.9 Å². The molecule has 1 aromatic carbocycles. The molecule has 1 aliphatic rings. The van der Waals surface area contributed by atoms with E-state index < -0.39 is 0 Å². The molecule has 0 radical (unpaired) electrons. The standard InChI is InChI=1S/C17H17N5O2S/c23-17(14-10-15(24-20-14)12-4-2-1-3-5-12)19-13-6-8-22(9-7-13)16-11-18-25-21-16/h1-5,10-11,13H,6-9H2,(H,19,23). The van der Waals surface area contributed by atoms with E-state index in [-0.39, 0.29) is 11.9 Å². The van der Waals surface area contributed by atoms with Gasteiger partial charge in [0.2, 0.25) is 0 Å². The fourth-order valence-electron chi connectivity index (χ4n) is 2.93. The lowest BCUT2D eigenvalue weighted by molar-refractivity contribution is 0.0922. The Morgan fingerprint density at radius 2 is 2.04 bits per heavy atom. The molecule has 3 aromatic rings. The molecule has 128 valence electrons. The first-order valence-corrected chi connectivity index (χ1v) is 8.88. The van der Waals surface area contributed by atoms with E-state index in [0.29, 0.717) is 11.5 Å². The van der Waals surface area contributed by atoms with Crippen LogP contribution in [0.2, 0.25) is 0 Å². The number of piperidine rings is 1. The smallest absolute Gasteiger partial charge is 0.273 e. The van der Waals surface area contributed by atoms with Gasteiger partial charge in [-0.3, -0.25) is 4.79 Å². The summed E-state index contributed by atoms with van der Waals surface area (Å²) >= 11 is 1.21. The van der Waals surface area contributed by atoms with Gasteiger partial charge in [-0.2, -0.15) is 8.75 Å². The fourth-order valence-corrected chi connectivity index (χ4v) is 3.37. The van der Waals surface area contributed by atoms with Gasteiger partial charge in [0.25, 0.3) is 5.91 Å². The highest BCUT2D eigenvalue weighted by atomic mass is 32.1. The molecule has 0 saturated carbocycles. The van der Waals surface area contributed by atoms with Crippen LogP contribution in [0.4, 0.5) is 5.82 Å². The quantitative estimate of drug-likeness (QED) is 0.774. The van der Waals surface area contributed by atoms with Gasteiger partial charge >= 0.3 is 0 Å². The summed E-state index contributed by atoms with van der Waals surface area (Å²) in [5.74, 6) is 1.31. The normalized spacial score (nSPS) is 15.3. The maximum Gasteiger partial charge on any atom is 0.273 e. The van der Waals surface area contributed by atoms with Crippen molar-refractivity contribution in [2.75, 3.05) is 18.0 Å². The van der Waals surface area contributed by atoms with Gasteiger partial charge in [0.1, 0.15) is 0 Å². The molecule has 1 N–H and O–H groups in total. The summed E-state index contributed by atoms with van der Waals surface area (Å²) in [6.07, 6.45) is 3.52. The summed E-state index contributed by atoms with van der Waals surface area (Å²) in [6.45, 7) is 1.70. The third-order valence-corrected chi connectivity index (χ3v) is 4.77. The highest BCUT2D eigenvalue weighted by Gasteiger charge is 2.23. The van der Waals surface area contributed by atoms with E-state index in [4.69, 9.17) is 4.52 Å². The summed E-state index contributed by atoms with van der Waals surface area (Å²) in [7, 11) is 0. The molecule has 1 amide bonds. The van der Waals surface area contributed by atoms with Crippen molar-refractivity contribution in [3.05, 3.63) is 48.3 Å². The van der Waals surface area contributed by atoms with Gasteiger partial charge in [0.15, 0.2) is 17.3 Å². The third-order valence-electron chi connectivity index (χ3n) is 4.30. The Morgan fingerprint density at radius 3 is 2.76 bits per heavy atom. The van der Waals surface area contributed by atoms with Gasteiger partial charge < -0.3 is 14.7 Å². The predicted octanol–water partition coefficient (Wildman–Crippen LogP) is 2.59. The van der Waals surface area contributed by atoms with E-state index in [2.05, 4.69) is 24.1 Å². The number of carbonyl (C=O) groups excluding carboxylic acids is 1. The lowest BCUT2D eigenvalue weighted by Gasteiger charge is -2.31. The van der Waals surface area contributed by atoms with Crippen molar-refractivity contribution in [1.82, 2.24) is 19.2 Å². The molecule has 8 heteroatoms. The maximum absolute atomic E-state index is 12.4. The Bertz CT molecular complexity index is 826. The van der Waals surface area contributed by atoms with E-state index >= 15 is 0 Å². The van der Waals surface area contributed by atoms with Gasteiger partial charge in [-0.1, -0.05) is 35.5 Å². The highest BCUT2D eigenvalue weighted by Crippen LogP contribution is 2.21. The summed E-state index contributed by atoms with van der Waals surface area (Å²) in [5, 5.41) is 6.94. The Morgan fingerprint density at radius 1 is 1.24 bits per heavy atom. The summed E-state index contributed by atoms with van der Waals surface area (Å²) in [5.41, 5.74) is 1.21. The molecule has 0 unspecified atom stereocenters. The fraction of sp³-hybridized carbons (Fsp3) is 0.294. The van der Waals surface area contributed by atoms with Crippen molar-refractivity contribution in [3.63, 3.8) is 0 Å². The second kappa shape index (κ2) is 7.02. The van der Waals surface area contributed by atoms with Crippen LogP contribution in [0.5, 0.6) is 0 Å². The zero-order valence-electron chi connectivity index (χ0n) is 13.5. The van der Waals surface area contributed by atoms with Crippen molar-refractivity contribution in [2.24, 2.45) is 0 Å². The molecular weight excluding hydrogens is 338 g/mol. The molecule has 2 aromatic heterocycles. The summed E-state index contributed by atoms with van der Waals surface area (Å²) in [6, 6.07) is 11.4. The van der Waals surface area contributed by atoms with E-state index in [9.17, 15) is 4.79 Å². The minimum atomic E-state index is -0.195. The second-order valence-electron chi connectivity index (χ2n) is 5.94. The zero-order valence-corrected chi connectivity index (χ0v) is 14.3. The molecule has 1 aliphatic heterocycles.